The van der Waals surface area contributed by atoms with Crippen LogP contribution in [-0.2, 0) is 19.3 Å². The minimum atomic E-state index is 0.762. The summed E-state index contributed by atoms with van der Waals surface area (Å²) in [6.07, 6.45) is 8.63. The molecular formula is C14H16N2. The molecule has 1 heterocycles. The molecule has 1 atom stereocenters. The lowest BCUT2D eigenvalue weighted by molar-refractivity contribution is 0.452. The molecule has 1 aliphatic carbocycles. The van der Waals surface area contributed by atoms with Crippen molar-refractivity contribution in [1.82, 2.24) is 9.97 Å². The fourth-order valence-electron chi connectivity index (χ4n) is 2.65. The van der Waals surface area contributed by atoms with E-state index in [0.29, 0.717) is 0 Å². The van der Waals surface area contributed by atoms with Gasteiger partial charge in [0.2, 0.25) is 0 Å². The Morgan fingerprint density at radius 2 is 2.12 bits per heavy atom. The average molecular weight is 212 g/mol. The molecule has 2 nitrogen and oxygen atoms in total. The molecule has 0 radical (unpaired) electrons. The number of aryl methyl sites for hydroxylation is 1. The van der Waals surface area contributed by atoms with Gasteiger partial charge in [-0.3, -0.25) is 0 Å². The van der Waals surface area contributed by atoms with E-state index in [-0.39, 0.29) is 0 Å². The molecule has 82 valence electrons. The molecular weight excluding hydrogens is 196 g/mol. The Morgan fingerprint density at radius 3 is 2.94 bits per heavy atom. The summed E-state index contributed by atoms with van der Waals surface area (Å²) < 4.78 is 0. The standard InChI is InChI=1S/C14H16N2/c1-2-4-13-7-11(5-6-12(13)3-1)8-14-9-15-10-16-14/h1-4,9-11H,5-8H2,(H,15,16). The summed E-state index contributed by atoms with van der Waals surface area (Å²) in [5.74, 6) is 0.762. The third kappa shape index (κ3) is 1.87. The van der Waals surface area contributed by atoms with Crippen molar-refractivity contribution in [2.75, 3.05) is 0 Å². The molecule has 3 rings (SSSR count). The Labute approximate surface area is 95.7 Å². The van der Waals surface area contributed by atoms with Crippen LogP contribution >= 0.6 is 0 Å². The van der Waals surface area contributed by atoms with Crippen molar-refractivity contribution in [2.45, 2.75) is 25.7 Å². The molecule has 1 N–H and O–H groups in total. The number of fused-ring (bicyclic) bond motifs is 1. The number of aromatic amines is 1. The minimum Gasteiger partial charge on any atom is -0.351 e. The molecule has 0 amide bonds. The van der Waals surface area contributed by atoms with Crippen LogP contribution < -0.4 is 0 Å². The zero-order valence-electron chi connectivity index (χ0n) is 9.32. The lowest BCUT2D eigenvalue weighted by Gasteiger charge is -2.23. The van der Waals surface area contributed by atoms with Crippen molar-refractivity contribution < 1.29 is 0 Å². The fourth-order valence-corrected chi connectivity index (χ4v) is 2.65. The van der Waals surface area contributed by atoms with Crippen LogP contribution in [0.5, 0.6) is 0 Å². The first kappa shape index (κ1) is 9.64. The smallest absolute Gasteiger partial charge is 0.0923 e. The molecule has 1 aliphatic rings. The third-order valence-electron chi connectivity index (χ3n) is 3.50. The van der Waals surface area contributed by atoms with E-state index in [1.165, 1.54) is 30.5 Å². The molecule has 0 aliphatic heterocycles. The maximum Gasteiger partial charge on any atom is 0.0923 e. The van der Waals surface area contributed by atoms with Crippen LogP contribution in [-0.4, -0.2) is 9.97 Å². The van der Waals surface area contributed by atoms with Crippen LogP contribution in [0.4, 0.5) is 0 Å². The van der Waals surface area contributed by atoms with Crippen molar-refractivity contribution >= 4 is 0 Å². The molecule has 1 aromatic carbocycles. The van der Waals surface area contributed by atoms with Gasteiger partial charge in [0.15, 0.2) is 0 Å². The molecule has 1 unspecified atom stereocenters. The van der Waals surface area contributed by atoms with E-state index in [0.717, 1.165) is 12.3 Å². The summed E-state index contributed by atoms with van der Waals surface area (Å²) >= 11 is 0. The second-order valence-corrected chi connectivity index (χ2v) is 4.64. The van der Waals surface area contributed by atoms with E-state index < -0.39 is 0 Å². The maximum atomic E-state index is 4.31. The molecule has 0 bridgehead atoms. The summed E-state index contributed by atoms with van der Waals surface area (Å²) in [6, 6.07) is 8.83. The van der Waals surface area contributed by atoms with Crippen molar-refractivity contribution in [3.05, 3.63) is 53.6 Å². The first-order chi connectivity index (χ1) is 7.92. The molecule has 0 saturated heterocycles. The second kappa shape index (κ2) is 4.12. The van der Waals surface area contributed by atoms with Crippen LogP contribution in [0.3, 0.4) is 0 Å². The van der Waals surface area contributed by atoms with Crippen molar-refractivity contribution in [3.63, 3.8) is 0 Å². The van der Waals surface area contributed by atoms with Crippen LogP contribution in [0.2, 0.25) is 0 Å². The van der Waals surface area contributed by atoms with Gasteiger partial charge in [0, 0.05) is 6.20 Å². The van der Waals surface area contributed by atoms with Gasteiger partial charge in [0.1, 0.15) is 0 Å². The van der Waals surface area contributed by atoms with Crippen LogP contribution in [0, 0.1) is 5.92 Å². The lowest BCUT2D eigenvalue weighted by Crippen LogP contribution is -2.16. The van der Waals surface area contributed by atoms with Gasteiger partial charge in [0.05, 0.1) is 12.0 Å². The largest absolute Gasteiger partial charge is 0.351 e. The number of nitrogens with one attached hydrogen (secondary N) is 1. The lowest BCUT2D eigenvalue weighted by atomic mass is 9.82. The average Bonchev–Trinajstić information content (AvgIpc) is 2.82. The van der Waals surface area contributed by atoms with Gasteiger partial charge in [-0.25, -0.2) is 4.98 Å². The van der Waals surface area contributed by atoms with E-state index in [1.807, 2.05) is 6.20 Å². The van der Waals surface area contributed by atoms with Crippen LogP contribution in [0.15, 0.2) is 36.8 Å². The van der Waals surface area contributed by atoms with Crippen LogP contribution in [0.25, 0.3) is 0 Å². The van der Waals surface area contributed by atoms with Gasteiger partial charge in [0.25, 0.3) is 0 Å². The Kier molecular flexibility index (Phi) is 2.49. The van der Waals surface area contributed by atoms with Gasteiger partial charge < -0.3 is 4.98 Å². The van der Waals surface area contributed by atoms with E-state index >= 15 is 0 Å². The number of H-pyrrole nitrogens is 1. The summed E-state index contributed by atoms with van der Waals surface area (Å²) in [7, 11) is 0. The second-order valence-electron chi connectivity index (χ2n) is 4.64. The number of hydrogen-bond donors (Lipinski definition) is 1. The number of rotatable bonds is 2. The van der Waals surface area contributed by atoms with Gasteiger partial charge in [-0.2, -0.15) is 0 Å². The quantitative estimate of drug-likeness (QED) is 0.814. The summed E-state index contributed by atoms with van der Waals surface area (Å²) in [4.78, 5) is 7.34. The van der Waals surface area contributed by atoms with E-state index in [1.54, 1.807) is 11.9 Å². The van der Waals surface area contributed by atoms with Gasteiger partial charge in [-0.1, -0.05) is 24.3 Å². The van der Waals surface area contributed by atoms with Gasteiger partial charge >= 0.3 is 0 Å². The maximum absolute atomic E-state index is 4.31. The number of hydrogen-bond acceptors (Lipinski definition) is 1. The zero-order valence-corrected chi connectivity index (χ0v) is 9.32. The predicted molar refractivity (Wildman–Crippen MR) is 64.2 cm³/mol. The summed E-state index contributed by atoms with van der Waals surface area (Å²) in [5.41, 5.74) is 4.28. The topological polar surface area (TPSA) is 28.7 Å². The third-order valence-corrected chi connectivity index (χ3v) is 3.50. The molecule has 2 heteroatoms. The Hall–Kier alpha value is -1.57. The molecule has 0 fully saturated rings. The molecule has 0 spiro atoms. The SMILES string of the molecule is c1ccc2c(c1)CCC(Cc1c[nH]cn1)C2. The number of benzene rings is 1. The molecule has 1 aromatic heterocycles. The molecule has 2 aromatic rings. The highest BCUT2D eigenvalue weighted by molar-refractivity contribution is 5.29. The highest BCUT2D eigenvalue weighted by Gasteiger charge is 2.18. The molecule has 0 saturated carbocycles. The first-order valence-electron chi connectivity index (χ1n) is 5.96. The monoisotopic (exact) mass is 212 g/mol. The normalized spacial score (nSPS) is 19.4. The Bertz CT molecular complexity index is 459. The number of nitrogens with zero attached hydrogens (tertiary/aromatic N) is 1. The van der Waals surface area contributed by atoms with Crippen molar-refractivity contribution in [3.8, 4) is 0 Å². The number of aromatic nitrogens is 2. The number of imidazole rings is 1. The predicted octanol–water partition coefficient (Wildman–Crippen LogP) is 2.76. The Balaban J connectivity index is 1.73. The minimum absolute atomic E-state index is 0.762. The van der Waals surface area contributed by atoms with Crippen LogP contribution in [0.1, 0.15) is 23.2 Å². The van der Waals surface area contributed by atoms with E-state index in [2.05, 4.69) is 34.2 Å². The van der Waals surface area contributed by atoms with E-state index in [9.17, 15) is 0 Å². The van der Waals surface area contributed by atoms with Gasteiger partial charge in [-0.15, -0.1) is 0 Å². The zero-order chi connectivity index (χ0) is 10.8. The van der Waals surface area contributed by atoms with Gasteiger partial charge in [-0.05, 0) is 42.7 Å². The first-order valence-corrected chi connectivity index (χ1v) is 5.96. The van der Waals surface area contributed by atoms with Crippen molar-refractivity contribution in [2.24, 2.45) is 5.92 Å². The van der Waals surface area contributed by atoms with Crippen molar-refractivity contribution in [1.29, 1.82) is 0 Å². The highest BCUT2D eigenvalue weighted by atomic mass is 14.9. The molecule has 16 heavy (non-hydrogen) atoms. The van der Waals surface area contributed by atoms with E-state index in [4.69, 9.17) is 0 Å². The highest BCUT2D eigenvalue weighted by Crippen LogP contribution is 2.27. The summed E-state index contributed by atoms with van der Waals surface area (Å²) in [6.45, 7) is 0. The summed E-state index contributed by atoms with van der Waals surface area (Å²) in [5, 5.41) is 0. The Morgan fingerprint density at radius 1 is 1.25 bits per heavy atom. The fraction of sp³-hybridized carbons (Fsp3) is 0.357.